The van der Waals surface area contributed by atoms with Gasteiger partial charge in [-0.05, 0) is 86.9 Å². The topological polar surface area (TPSA) is 26.5 Å². The number of hydrogen-bond acceptors (Lipinski definition) is 1. The van der Waals surface area contributed by atoms with Gasteiger partial charge in [-0.25, -0.2) is 4.99 Å². The molecule has 0 spiro atoms. The lowest BCUT2D eigenvalue weighted by Crippen LogP contribution is -2.08. The van der Waals surface area contributed by atoms with Crippen molar-refractivity contribution in [1.29, 1.82) is 0 Å². The minimum Gasteiger partial charge on any atom is -0.657 e. The Balaban J connectivity index is 1.73. The second-order valence-electron chi connectivity index (χ2n) is 13.1. The maximum absolute atomic E-state index is 13.5. The Labute approximate surface area is 265 Å². The van der Waals surface area contributed by atoms with Gasteiger partial charge in [-0.2, -0.15) is 13.2 Å². The van der Waals surface area contributed by atoms with Gasteiger partial charge in [0.25, 0.3) is 0 Å². The zero-order valence-corrected chi connectivity index (χ0v) is 27.4. The van der Waals surface area contributed by atoms with Crippen LogP contribution < -0.4 is 4.98 Å². The van der Waals surface area contributed by atoms with E-state index in [9.17, 15) is 13.2 Å². The van der Waals surface area contributed by atoms with Crippen LogP contribution >= 0.6 is 0 Å². The summed E-state index contributed by atoms with van der Waals surface area (Å²) in [6, 6.07) is 22.2. The van der Waals surface area contributed by atoms with Gasteiger partial charge in [-0.15, -0.1) is 11.4 Å². The van der Waals surface area contributed by atoms with Crippen LogP contribution in [0.15, 0.2) is 95.6 Å². The van der Waals surface area contributed by atoms with Crippen LogP contribution in [0.2, 0.25) is 0 Å². The molecule has 234 valence electrons. The van der Waals surface area contributed by atoms with Gasteiger partial charge in [0.05, 0.1) is 17.0 Å². The first-order valence-electron chi connectivity index (χ1n) is 15.9. The number of hydrogen-bond donors (Lipinski definition) is 0. The Morgan fingerprint density at radius 1 is 0.600 bits per heavy atom. The van der Waals surface area contributed by atoms with Crippen LogP contribution in [0.4, 0.5) is 13.2 Å². The van der Waals surface area contributed by atoms with E-state index >= 15 is 0 Å². The van der Waals surface area contributed by atoms with E-state index in [1.807, 2.05) is 24.3 Å². The molecule has 1 aromatic heterocycles. The molecule has 0 fully saturated rings. The number of allylic oxidation sites excluding steroid dienone is 2. The predicted molar refractivity (Wildman–Crippen MR) is 181 cm³/mol. The van der Waals surface area contributed by atoms with Gasteiger partial charge in [-0.3, -0.25) is 0 Å². The fraction of sp³-hybridized carbons (Fsp3) is 0.325. The third-order valence-electron chi connectivity index (χ3n) is 8.55. The van der Waals surface area contributed by atoms with Crippen LogP contribution in [0.25, 0.3) is 16.8 Å². The molecule has 1 aliphatic heterocycles. The monoisotopic (exact) mass is 607 g/mol. The van der Waals surface area contributed by atoms with Gasteiger partial charge in [0.1, 0.15) is 0 Å². The molecule has 45 heavy (non-hydrogen) atoms. The predicted octanol–water partition coefficient (Wildman–Crippen LogP) is 11.6. The summed E-state index contributed by atoms with van der Waals surface area (Å²) >= 11 is 0. The van der Waals surface area contributed by atoms with Crippen molar-refractivity contribution in [1.82, 2.24) is 4.98 Å². The Morgan fingerprint density at radius 3 is 1.56 bits per heavy atom. The maximum Gasteiger partial charge on any atom is 0.416 e. The number of rotatable bonds is 8. The summed E-state index contributed by atoms with van der Waals surface area (Å²) in [7, 11) is 0. The number of nitrogens with zero attached hydrogens (tertiary/aromatic N) is 2. The molecule has 1 aliphatic rings. The summed E-state index contributed by atoms with van der Waals surface area (Å²) in [5.74, 6) is 1.20. The van der Waals surface area contributed by atoms with Crippen molar-refractivity contribution < 1.29 is 13.2 Å². The lowest BCUT2D eigenvalue weighted by atomic mass is 9.86. The molecule has 4 aromatic rings. The summed E-state index contributed by atoms with van der Waals surface area (Å²) in [6.07, 6.45) is -0.418. The number of aromatic nitrogens is 1. The average Bonchev–Trinajstić information content (AvgIpc) is 3.67. The van der Waals surface area contributed by atoms with Gasteiger partial charge in [0.15, 0.2) is 0 Å². The molecule has 0 N–H and O–H groups in total. The summed E-state index contributed by atoms with van der Waals surface area (Å²) in [5, 5.41) is 0. The van der Waals surface area contributed by atoms with Crippen molar-refractivity contribution >= 4 is 11.3 Å². The largest absolute Gasteiger partial charge is 0.657 e. The maximum atomic E-state index is 13.5. The van der Waals surface area contributed by atoms with E-state index in [1.165, 1.54) is 34.4 Å². The highest BCUT2D eigenvalue weighted by Gasteiger charge is 2.30. The fourth-order valence-corrected chi connectivity index (χ4v) is 6.23. The molecular weight excluding hydrogens is 565 g/mol. The molecule has 0 aliphatic carbocycles. The molecule has 5 rings (SSSR count). The lowest BCUT2D eigenvalue weighted by molar-refractivity contribution is -0.137. The van der Waals surface area contributed by atoms with Gasteiger partial charge in [0.2, 0.25) is 0 Å². The molecule has 0 saturated heterocycles. The molecule has 2 heterocycles. The van der Waals surface area contributed by atoms with E-state index < -0.39 is 11.7 Å². The number of benzene rings is 3. The molecule has 0 unspecified atom stereocenters. The summed E-state index contributed by atoms with van der Waals surface area (Å²) in [4.78, 5) is 10.3. The van der Waals surface area contributed by atoms with Crippen molar-refractivity contribution in [2.75, 3.05) is 0 Å². The summed E-state index contributed by atoms with van der Waals surface area (Å²) < 4.78 is 40.6. The Morgan fingerprint density at radius 2 is 1.09 bits per heavy atom. The first kappa shape index (κ1) is 32.3. The molecule has 5 heteroatoms. The molecule has 3 aromatic carbocycles. The van der Waals surface area contributed by atoms with Crippen molar-refractivity contribution in [3.8, 4) is 11.3 Å². The van der Waals surface area contributed by atoms with E-state index in [0.717, 1.165) is 34.7 Å². The van der Waals surface area contributed by atoms with Crippen molar-refractivity contribution in [3.05, 3.63) is 135 Å². The first-order chi connectivity index (χ1) is 21.3. The van der Waals surface area contributed by atoms with Gasteiger partial charge >= 0.3 is 6.18 Å². The lowest BCUT2D eigenvalue weighted by Gasteiger charge is -2.24. The summed E-state index contributed by atoms with van der Waals surface area (Å²) in [5.41, 5.74) is 10.9. The first-order valence-corrected chi connectivity index (χ1v) is 15.9. The fourth-order valence-electron chi connectivity index (χ4n) is 6.23. The molecule has 0 bridgehead atoms. The second-order valence-corrected chi connectivity index (χ2v) is 13.1. The van der Waals surface area contributed by atoms with Crippen LogP contribution in [0.3, 0.4) is 0 Å². The zero-order chi connectivity index (χ0) is 32.6. The molecule has 0 amide bonds. The smallest absolute Gasteiger partial charge is 0.416 e. The van der Waals surface area contributed by atoms with Crippen LogP contribution in [-0.2, 0) is 6.18 Å². The Kier molecular flexibility index (Phi) is 9.11. The minimum atomic E-state index is -4.42. The third kappa shape index (κ3) is 6.49. The molecule has 0 radical (unpaired) electrons. The van der Waals surface area contributed by atoms with Crippen molar-refractivity contribution in [2.24, 2.45) is 4.99 Å². The van der Waals surface area contributed by atoms with Crippen LogP contribution in [0.5, 0.6) is 0 Å². The normalized spacial score (nSPS) is 14.8. The average molecular weight is 608 g/mol. The Hall–Kier alpha value is -4.12. The SMILES string of the molecule is CC(C)c1cccc(C(C)C)c1C1=N/C(=C(/c2ccc(C(F)(F)F)cc2)c2ccc(-c3c(C(C)C)cccc3C(C)C)[n-]2)C=C1. The zero-order valence-electron chi connectivity index (χ0n) is 27.4. The van der Waals surface area contributed by atoms with Gasteiger partial charge in [-0.1, -0.05) is 116 Å². The Bertz CT molecular complexity index is 1720. The molecule has 0 saturated carbocycles. The van der Waals surface area contributed by atoms with E-state index in [-0.39, 0.29) is 0 Å². The highest BCUT2D eigenvalue weighted by molar-refractivity contribution is 6.14. The molecule has 2 nitrogen and oxygen atoms in total. The van der Waals surface area contributed by atoms with Gasteiger partial charge in [0, 0.05) is 5.56 Å². The standard InChI is InChI=1S/C40H42F3N2/c1-23(2)29-11-9-12-30(24(3)4)38(29)35-21-19-33(44-35)37(27-15-17-28(18-16-27)40(41,42)43)34-20-22-36(45-34)39-31(25(5)6)13-10-14-32(39)26(7)8/h9-26H,1-8H3/q-1/b37-33-. The van der Waals surface area contributed by atoms with E-state index in [2.05, 4.69) is 91.8 Å². The van der Waals surface area contributed by atoms with E-state index in [0.29, 0.717) is 46.2 Å². The highest BCUT2D eigenvalue weighted by Crippen LogP contribution is 2.39. The van der Waals surface area contributed by atoms with Crippen molar-refractivity contribution in [3.63, 3.8) is 0 Å². The quantitative estimate of drug-likeness (QED) is 0.196. The second kappa shape index (κ2) is 12.7. The third-order valence-corrected chi connectivity index (χ3v) is 8.55. The molecule has 0 atom stereocenters. The van der Waals surface area contributed by atoms with Gasteiger partial charge < -0.3 is 4.98 Å². The van der Waals surface area contributed by atoms with Crippen molar-refractivity contribution in [2.45, 2.75) is 85.2 Å². The van der Waals surface area contributed by atoms with Crippen LogP contribution in [0, 0.1) is 0 Å². The molecular formula is C40H42F3N2-. The minimum absolute atomic E-state index is 0.299. The number of aliphatic imine (C=N–C) groups is 1. The highest BCUT2D eigenvalue weighted by atomic mass is 19.4. The van der Waals surface area contributed by atoms with E-state index in [4.69, 9.17) is 9.98 Å². The van der Waals surface area contributed by atoms with Crippen LogP contribution in [0.1, 0.15) is 124 Å². The summed E-state index contributed by atoms with van der Waals surface area (Å²) in [6.45, 7) is 17.5. The number of halogens is 3. The van der Waals surface area contributed by atoms with Crippen LogP contribution in [-0.4, -0.2) is 5.71 Å². The number of alkyl halides is 3. The van der Waals surface area contributed by atoms with E-state index in [1.54, 1.807) is 0 Å².